The monoisotopic (exact) mass is 232 g/mol. The van der Waals surface area contributed by atoms with Gasteiger partial charge in [0.25, 0.3) is 0 Å². The van der Waals surface area contributed by atoms with E-state index in [1.807, 2.05) is 0 Å². The third kappa shape index (κ3) is 2.55. The highest BCUT2D eigenvalue weighted by Crippen LogP contribution is 2.40. The van der Waals surface area contributed by atoms with Crippen LogP contribution in [0.15, 0.2) is 18.2 Å². The average molecular weight is 232 g/mol. The SMILES string of the molecule is CCC1CCCC1(O)Cc1cc(C)ccc1C. The van der Waals surface area contributed by atoms with Crippen LogP contribution in [0.5, 0.6) is 0 Å². The maximum atomic E-state index is 10.8. The van der Waals surface area contributed by atoms with E-state index < -0.39 is 5.60 Å². The topological polar surface area (TPSA) is 20.2 Å². The van der Waals surface area contributed by atoms with Crippen molar-refractivity contribution in [3.05, 3.63) is 34.9 Å². The summed E-state index contributed by atoms with van der Waals surface area (Å²) in [5.41, 5.74) is 3.48. The number of aryl methyl sites for hydroxylation is 2. The van der Waals surface area contributed by atoms with Gasteiger partial charge >= 0.3 is 0 Å². The summed E-state index contributed by atoms with van der Waals surface area (Å²) in [5, 5.41) is 10.8. The summed E-state index contributed by atoms with van der Waals surface area (Å²) in [7, 11) is 0. The molecule has 0 aliphatic heterocycles. The first-order valence-corrected chi connectivity index (χ1v) is 6.83. The van der Waals surface area contributed by atoms with Crippen molar-refractivity contribution in [3.63, 3.8) is 0 Å². The number of hydrogen-bond acceptors (Lipinski definition) is 1. The summed E-state index contributed by atoms with van der Waals surface area (Å²) < 4.78 is 0. The lowest BCUT2D eigenvalue weighted by atomic mass is 9.82. The number of rotatable bonds is 3. The van der Waals surface area contributed by atoms with E-state index in [1.165, 1.54) is 29.5 Å². The molecule has 17 heavy (non-hydrogen) atoms. The smallest absolute Gasteiger partial charge is 0.0715 e. The van der Waals surface area contributed by atoms with Crippen LogP contribution in [-0.4, -0.2) is 10.7 Å². The van der Waals surface area contributed by atoms with Crippen molar-refractivity contribution in [3.8, 4) is 0 Å². The Morgan fingerprint density at radius 1 is 1.35 bits per heavy atom. The van der Waals surface area contributed by atoms with Gasteiger partial charge in [-0.25, -0.2) is 0 Å². The van der Waals surface area contributed by atoms with Crippen LogP contribution in [0.1, 0.15) is 49.3 Å². The fourth-order valence-electron chi connectivity index (χ4n) is 3.26. The predicted octanol–water partition coefficient (Wildman–Crippen LogP) is 3.79. The lowest BCUT2D eigenvalue weighted by Gasteiger charge is -2.30. The molecule has 0 bridgehead atoms. The highest BCUT2D eigenvalue weighted by atomic mass is 16.3. The maximum Gasteiger partial charge on any atom is 0.0715 e. The van der Waals surface area contributed by atoms with Crippen molar-refractivity contribution in [2.45, 2.75) is 58.5 Å². The Hall–Kier alpha value is -0.820. The van der Waals surface area contributed by atoms with E-state index >= 15 is 0 Å². The fraction of sp³-hybridized carbons (Fsp3) is 0.625. The second-order valence-electron chi connectivity index (χ2n) is 5.71. The minimum atomic E-state index is -0.451. The highest BCUT2D eigenvalue weighted by Gasteiger charge is 2.39. The molecule has 1 aromatic rings. The van der Waals surface area contributed by atoms with Crippen molar-refractivity contribution in [1.82, 2.24) is 0 Å². The third-order valence-electron chi connectivity index (χ3n) is 4.42. The van der Waals surface area contributed by atoms with Crippen LogP contribution < -0.4 is 0 Å². The van der Waals surface area contributed by atoms with Gasteiger partial charge in [0.2, 0.25) is 0 Å². The average Bonchev–Trinajstić information content (AvgIpc) is 2.65. The van der Waals surface area contributed by atoms with E-state index in [9.17, 15) is 5.11 Å². The molecule has 1 nitrogen and oxygen atoms in total. The molecule has 0 amide bonds. The standard InChI is InChI=1S/C16H24O/c1-4-15-6-5-9-16(15,17)11-14-10-12(2)7-8-13(14)3/h7-8,10,15,17H,4-6,9,11H2,1-3H3. The van der Waals surface area contributed by atoms with Gasteiger partial charge in [0.1, 0.15) is 0 Å². The largest absolute Gasteiger partial charge is 0.389 e. The first kappa shape index (κ1) is 12.6. The molecule has 1 aromatic carbocycles. The normalized spacial score (nSPS) is 28.6. The van der Waals surface area contributed by atoms with E-state index in [2.05, 4.69) is 39.0 Å². The molecular weight excluding hydrogens is 208 g/mol. The lowest BCUT2D eigenvalue weighted by molar-refractivity contribution is 0.00133. The van der Waals surface area contributed by atoms with Gasteiger partial charge in [0, 0.05) is 6.42 Å². The van der Waals surface area contributed by atoms with Crippen LogP contribution in [-0.2, 0) is 6.42 Å². The Balaban J connectivity index is 2.22. The molecule has 1 saturated carbocycles. The van der Waals surface area contributed by atoms with Gasteiger partial charge in [-0.15, -0.1) is 0 Å². The summed E-state index contributed by atoms with van der Waals surface area (Å²) in [6, 6.07) is 6.55. The minimum Gasteiger partial charge on any atom is -0.389 e. The quantitative estimate of drug-likeness (QED) is 0.840. The maximum absolute atomic E-state index is 10.8. The van der Waals surface area contributed by atoms with Crippen LogP contribution in [0.25, 0.3) is 0 Å². The molecule has 0 spiro atoms. The first-order chi connectivity index (χ1) is 8.05. The summed E-state index contributed by atoms with van der Waals surface area (Å²) in [6.07, 6.45) is 5.27. The molecule has 94 valence electrons. The number of benzene rings is 1. The summed E-state index contributed by atoms with van der Waals surface area (Å²) in [4.78, 5) is 0. The molecule has 1 aliphatic rings. The van der Waals surface area contributed by atoms with Crippen molar-refractivity contribution in [1.29, 1.82) is 0 Å². The predicted molar refractivity (Wildman–Crippen MR) is 72.2 cm³/mol. The Kier molecular flexibility index (Phi) is 3.58. The van der Waals surface area contributed by atoms with Gasteiger partial charge in [0.15, 0.2) is 0 Å². The molecule has 0 aromatic heterocycles. The van der Waals surface area contributed by atoms with Crippen molar-refractivity contribution in [2.24, 2.45) is 5.92 Å². The Labute approximate surface area is 105 Å². The van der Waals surface area contributed by atoms with Crippen LogP contribution in [0.4, 0.5) is 0 Å². The van der Waals surface area contributed by atoms with E-state index in [-0.39, 0.29) is 0 Å². The number of aliphatic hydroxyl groups is 1. The Morgan fingerprint density at radius 3 is 2.82 bits per heavy atom. The third-order valence-corrected chi connectivity index (χ3v) is 4.42. The zero-order chi connectivity index (χ0) is 12.5. The zero-order valence-corrected chi connectivity index (χ0v) is 11.3. The summed E-state index contributed by atoms with van der Waals surface area (Å²) >= 11 is 0. The van der Waals surface area contributed by atoms with Crippen LogP contribution in [0, 0.1) is 19.8 Å². The van der Waals surface area contributed by atoms with Crippen molar-refractivity contribution >= 4 is 0 Å². The first-order valence-electron chi connectivity index (χ1n) is 6.83. The molecule has 1 N–H and O–H groups in total. The molecule has 0 radical (unpaired) electrons. The molecule has 0 saturated heterocycles. The molecule has 1 aliphatic carbocycles. The Bertz CT molecular complexity index is 397. The van der Waals surface area contributed by atoms with Crippen LogP contribution in [0.3, 0.4) is 0 Å². The van der Waals surface area contributed by atoms with Gasteiger partial charge in [-0.05, 0) is 43.7 Å². The van der Waals surface area contributed by atoms with E-state index in [4.69, 9.17) is 0 Å². The second-order valence-corrected chi connectivity index (χ2v) is 5.71. The molecule has 2 rings (SSSR count). The molecule has 1 fully saturated rings. The second kappa shape index (κ2) is 4.81. The van der Waals surface area contributed by atoms with Crippen molar-refractivity contribution in [2.75, 3.05) is 0 Å². The minimum absolute atomic E-state index is 0.451. The molecule has 2 atom stereocenters. The fourth-order valence-corrected chi connectivity index (χ4v) is 3.26. The van der Waals surface area contributed by atoms with Gasteiger partial charge in [-0.3, -0.25) is 0 Å². The van der Waals surface area contributed by atoms with E-state index in [0.717, 1.165) is 19.3 Å². The number of hydrogen-bond donors (Lipinski definition) is 1. The van der Waals surface area contributed by atoms with Crippen LogP contribution >= 0.6 is 0 Å². The lowest BCUT2D eigenvalue weighted by Crippen LogP contribution is -2.35. The van der Waals surface area contributed by atoms with E-state index in [0.29, 0.717) is 5.92 Å². The van der Waals surface area contributed by atoms with Gasteiger partial charge in [-0.2, -0.15) is 0 Å². The molecule has 1 heteroatoms. The summed E-state index contributed by atoms with van der Waals surface area (Å²) in [6.45, 7) is 6.47. The van der Waals surface area contributed by atoms with E-state index in [1.54, 1.807) is 0 Å². The molecule has 2 unspecified atom stereocenters. The van der Waals surface area contributed by atoms with Gasteiger partial charge in [0.05, 0.1) is 5.60 Å². The Morgan fingerprint density at radius 2 is 2.12 bits per heavy atom. The van der Waals surface area contributed by atoms with Gasteiger partial charge < -0.3 is 5.11 Å². The molecular formula is C16H24O. The van der Waals surface area contributed by atoms with Crippen LogP contribution in [0.2, 0.25) is 0 Å². The summed E-state index contributed by atoms with van der Waals surface area (Å²) in [5.74, 6) is 0.488. The van der Waals surface area contributed by atoms with Gasteiger partial charge in [-0.1, -0.05) is 43.5 Å². The highest BCUT2D eigenvalue weighted by molar-refractivity contribution is 5.32. The molecule has 0 heterocycles. The zero-order valence-electron chi connectivity index (χ0n) is 11.3. The van der Waals surface area contributed by atoms with Crippen molar-refractivity contribution < 1.29 is 5.11 Å².